The molecule has 26 heavy (non-hydrogen) atoms. The number of piperazine rings is 1. The summed E-state index contributed by atoms with van der Waals surface area (Å²) in [5, 5.41) is 4.52. The first-order valence-corrected chi connectivity index (χ1v) is 9.53. The van der Waals surface area contributed by atoms with Crippen LogP contribution in [0.4, 0.5) is 5.69 Å². The Hall–Kier alpha value is -2.34. The number of nitrogens with one attached hydrogen (secondary N) is 1. The normalized spacial score (nSPS) is 15.9. The Morgan fingerprint density at radius 2 is 1.88 bits per heavy atom. The Kier molecular flexibility index (Phi) is 4.44. The van der Waals surface area contributed by atoms with Crippen LogP contribution in [0.5, 0.6) is 0 Å². The van der Waals surface area contributed by atoms with Crippen molar-refractivity contribution in [3.8, 4) is 11.4 Å². The van der Waals surface area contributed by atoms with Crippen molar-refractivity contribution in [2.24, 2.45) is 0 Å². The lowest BCUT2D eigenvalue weighted by atomic mass is 10.1. The predicted octanol–water partition coefficient (Wildman–Crippen LogP) is 3.21. The van der Waals surface area contributed by atoms with Gasteiger partial charge in [0.1, 0.15) is 5.82 Å². The van der Waals surface area contributed by atoms with Gasteiger partial charge in [-0.3, -0.25) is 4.68 Å². The quantitative estimate of drug-likeness (QED) is 0.783. The highest BCUT2D eigenvalue weighted by atomic mass is 15.3. The first-order chi connectivity index (χ1) is 12.6. The second-order valence-corrected chi connectivity index (χ2v) is 7.40. The minimum absolute atomic E-state index is 0.915. The van der Waals surface area contributed by atoms with Gasteiger partial charge in [-0.2, -0.15) is 5.10 Å². The van der Waals surface area contributed by atoms with E-state index in [1.165, 1.54) is 16.9 Å². The number of aryl methyl sites for hydroxylation is 2. The van der Waals surface area contributed by atoms with E-state index in [2.05, 4.69) is 64.5 Å². The van der Waals surface area contributed by atoms with Gasteiger partial charge < -0.3 is 14.8 Å². The lowest BCUT2D eigenvalue weighted by Gasteiger charge is -2.34. The molecule has 1 fully saturated rings. The summed E-state index contributed by atoms with van der Waals surface area (Å²) < 4.78 is 2.06. The predicted molar refractivity (Wildman–Crippen MR) is 107 cm³/mol. The first kappa shape index (κ1) is 17.1. The molecule has 1 saturated heterocycles. The van der Waals surface area contributed by atoms with Crippen LogP contribution in [0.25, 0.3) is 22.4 Å². The Morgan fingerprint density at radius 1 is 1.12 bits per heavy atom. The number of H-pyrrole nitrogens is 1. The number of anilines is 1. The Bertz CT molecular complexity index is 914. The third kappa shape index (κ3) is 2.98. The minimum Gasteiger partial charge on any atom is -0.369 e. The summed E-state index contributed by atoms with van der Waals surface area (Å²) in [4.78, 5) is 13.3. The van der Waals surface area contributed by atoms with Gasteiger partial charge in [-0.25, -0.2) is 4.98 Å². The summed E-state index contributed by atoms with van der Waals surface area (Å²) in [5.74, 6) is 0.915. The van der Waals surface area contributed by atoms with E-state index in [1.807, 2.05) is 6.20 Å². The standard InChI is InChI=1S/C20H28N6/c1-5-6-26-15(3)17(13-21-26)20-22-18-12-16(11-14(2)19(18)23-20)25-9-7-24(4)8-10-25/h11-13H,5-10H2,1-4H3,(H,22,23). The zero-order valence-electron chi connectivity index (χ0n) is 16.2. The van der Waals surface area contributed by atoms with Gasteiger partial charge in [-0.1, -0.05) is 6.92 Å². The molecule has 1 N–H and O–H groups in total. The first-order valence-electron chi connectivity index (χ1n) is 9.53. The molecule has 0 atom stereocenters. The number of likely N-dealkylation sites (N-methyl/N-ethyl adjacent to an activating group) is 1. The lowest BCUT2D eigenvalue weighted by Crippen LogP contribution is -2.44. The number of benzene rings is 1. The van der Waals surface area contributed by atoms with E-state index in [0.29, 0.717) is 0 Å². The van der Waals surface area contributed by atoms with Gasteiger partial charge in [0, 0.05) is 44.1 Å². The van der Waals surface area contributed by atoms with E-state index in [9.17, 15) is 0 Å². The molecule has 1 aromatic carbocycles. The van der Waals surface area contributed by atoms with Crippen molar-refractivity contribution >= 4 is 16.7 Å². The molecule has 0 saturated carbocycles. The summed E-state index contributed by atoms with van der Waals surface area (Å²) in [5.41, 5.74) is 6.93. The van der Waals surface area contributed by atoms with Crippen molar-refractivity contribution in [3.63, 3.8) is 0 Å². The topological polar surface area (TPSA) is 53.0 Å². The molecule has 2 aromatic heterocycles. The van der Waals surface area contributed by atoms with E-state index in [4.69, 9.17) is 4.98 Å². The average Bonchev–Trinajstić information content (AvgIpc) is 3.20. The summed E-state index contributed by atoms with van der Waals surface area (Å²) in [6, 6.07) is 4.52. The highest BCUT2D eigenvalue weighted by molar-refractivity contribution is 5.86. The van der Waals surface area contributed by atoms with Gasteiger partial charge in [0.2, 0.25) is 0 Å². The monoisotopic (exact) mass is 352 g/mol. The Labute approximate surface area is 154 Å². The number of nitrogens with zero attached hydrogens (tertiary/aromatic N) is 5. The maximum Gasteiger partial charge on any atom is 0.141 e. The molecule has 0 bridgehead atoms. The summed E-state index contributed by atoms with van der Waals surface area (Å²) >= 11 is 0. The fraction of sp³-hybridized carbons (Fsp3) is 0.500. The minimum atomic E-state index is 0.915. The maximum atomic E-state index is 4.88. The molecule has 4 rings (SSSR count). The van der Waals surface area contributed by atoms with Crippen LogP contribution < -0.4 is 4.90 Å². The van der Waals surface area contributed by atoms with E-state index in [1.54, 1.807) is 0 Å². The summed E-state index contributed by atoms with van der Waals surface area (Å²) in [6.07, 6.45) is 3.01. The molecule has 138 valence electrons. The maximum absolute atomic E-state index is 4.88. The zero-order valence-corrected chi connectivity index (χ0v) is 16.2. The molecule has 0 unspecified atom stereocenters. The van der Waals surface area contributed by atoms with E-state index in [0.717, 1.165) is 61.6 Å². The van der Waals surface area contributed by atoms with Gasteiger partial charge in [-0.05, 0) is 45.0 Å². The highest BCUT2D eigenvalue weighted by Gasteiger charge is 2.18. The van der Waals surface area contributed by atoms with Gasteiger partial charge in [-0.15, -0.1) is 0 Å². The lowest BCUT2D eigenvalue weighted by molar-refractivity contribution is 0.313. The smallest absolute Gasteiger partial charge is 0.141 e. The molecular formula is C20H28N6. The zero-order chi connectivity index (χ0) is 18.3. The average molecular weight is 352 g/mol. The van der Waals surface area contributed by atoms with Crippen LogP contribution in [0.1, 0.15) is 24.6 Å². The molecule has 0 radical (unpaired) electrons. The van der Waals surface area contributed by atoms with Crippen LogP contribution in [-0.4, -0.2) is 57.9 Å². The second kappa shape index (κ2) is 6.76. The fourth-order valence-corrected chi connectivity index (χ4v) is 3.76. The van der Waals surface area contributed by atoms with E-state index < -0.39 is 0 Å². The van der Waals surface area contributed by atoms with Gasteiger partial charge in [0.05, 0.1) is 22.8 Å². The second-order valence-electron chi connectivity index (χ2n) is 7.40. The van der Waals surface area contributed by atoms with Crippen molar-refractivity contribution in [2.45, 2.75) is 33.7 Å². The van der Waals surface area contributed by atoms with Crippen LogP contribution in [0.2, 0.25) is 0 Å². The van der Waals surface area contributed by atoms with Crippen LogP contribution >= 0.6 is 0 Å². The van der Waals surface area contributed by atoms with Crippen molar-refractivity contribution in [1.82, 2.24) is 24.6 Å². The van der Waals surface area contributed by atoms with Gasteiger partial charge >= 0.3 is 0 Å². The van der Waals surface area contributed by atoms with Crippen LogP contribution in [-0.2, 0) is 6.54 Å². The van der Waals surface area contributed by atoms with Crippen LogP contribution in [0.15, 0.2) is 18.3 Å². The number of hydrogen-bond acceptors (Lipinski definition) is 4. The molecule has 0 spiro atoms. The number of fused-ring (bicyclic) bond motifs is 1. The number of rotatable bonds is 4. The fourth-order valence-electron chi connectivity index (χ4n) is 3.76. The molecule has 0 amide bonds. The van der Waals surface area contributed by atoms with Crippen LogP contribution in [0.3, 0.4) is 0 Å². The number of imidazole rings is 1. The molecule has 1 aliphatic rings. The Morgan fingerprint density at radius 3 is 2.62 bits per heavy atom. The van der Waals surface area contributed by atoms with Gasteiger partial charge in [0.15, 0.2) is 0 Å². The van der Waals surface area contributed by atoms with Crippen molar-refractivity contribution in [2.75, 3.05) is 38.1 Å². The van der Waals surface area contributed by atoms with Crippen molar-refractivity contribution < 1.29 is 0 Å². The molecule has 6 heteroatoms. The van der Waals surface area contributed by atoms with Crippen molar-refractivity contribution in [3.05, 3.63) is 29.6 Å². The van der Waals surface area contributed by atoms with Crippen LogP contribution in [0, 0.1) is 13.8 Å². The SMILES string of the molecule is CCCn1ncc(-c2nc3c(C)cc(N4CCN(C)CC4)cc3[nH]2)c1C. The molecular weight excluding hydrogens is 324 g/mol. The molecule has 6 nitrogen and oxygen atoms in total. The number of aromatic nitrogens is 4. The molecule has 0 aliphatic carbocycles. The molecule has 3 aromatic rings. The van der Waals surface area contributed by atoms with E-state index in [-0.39, 0.29) is 0 Å². The molecule has 1 aliphatic heterocycles. The Balaban J connectivity index is 1.70. The highest BCUT2D eigenvalue weighted by Crippen LogP contribution is 2.29. The number of hydrogen-bond donors (Lipinski definition) is 1. The summed E-state index contributed by atoms with van der Waals surface area (Å²) in [7, 11) is 2.19. The summed E-state index contributed by atoms with van der Waals surface area (Å²) in [6.45, 7) is 11.8. The van der Waals surface area contributed by atoms with E-state index >= 15 is 0 Å². The third-order valence-electron chi connectivity index (χ3n) is 5.42. The van der Waals surface area contributed by atoms with Gasteiger partial charge in [0.25, 0.3) is 0 Å². The third-order valence-corrected chi connectivity index (χ3v) is 5.42. The largest absolute Gasteiger partial charge is 0.369 e. The van der Waals surface area contributed by atoms with Crippen molar-refractivity contribution in [1.29, 1.82) is 0 Å². The number of aromatic amines is 1. The molecule has 3 heterocycles.